The van der Waals surface area contributed by atoms with Gasteiger partial charge in [-0.05, 0) is 0 Å². The minimum absolute atomic E-state index is 0.0410. The highest BCUT2D eigenvalue weighted by Gasteiger charge is 2.32. The first-order chi connectivity index (χ1) is 9.65. The van der Waals surface area contributed by atoms with Crippen LogP contribution in [0.15, 0.2) is 17.8 Å². The van der Waals surface area contributed by atoms with E-state index in [1.165, 1.54) is 16.2 Å². The summed E-state index contributed by atoms with van der Waals surface area (Å²) in [4.78, 5) is 29.9. The minimum atomic E-state index is -1.04. The second-order valence-corrected chi connectivity index (χ2v) is 5.39. The zero-order chi connectivity index (χ0) is 14.1. The summed E-state index contributed by atoms with van der Waals surface area (Å²) >= 11 is 1.49. The van der Waals surface area contributed by atoms with Gasteiger partial charge in [0.05, 0.1) is 25.3 Å². The molecule has 3 rings (SSSR count). The molecule has 0 radical (unpaired) electrons. The summed E-state index contributed by atoms with van der Waals surface area (Å²) in [6.45, 7) is 0.713. The van der Waals surface area contributed by atoms with Crippen molar-refractivity contribution in [2.75, 3.05) is 19.8 Å². The fourth-order valence-corrected chi connectivity index (χ4v) is 2.94. The van der Waals surface area contributed by atoms with Crippen molar-refractivity contribution in [2.45, 2.75) is 12.5 Å². The molecule has 20 heavy (non-hydrogen) atoms. The molecule has 2 aromatic rings. The number of morpholine rings is 1. The zero-order valence-electron chi connectivity index (χ0n) is 10.6. The molecule has 1 amide bonds. The largest absolute Gasteiger partial charge is 0.480 e. The maximum Gasteiger partial charge on any atom is 0.328 e. The molecule has 0 bridgehead atoms. The van der Waals surface area contributed by atoms with E-state index in [4.69, 9.17) is 9.84 Å². The molecule has 7 nitrogen and oxygen atoms in total. The van der Waals surface area contributed by atoms with Crippen molar-refractivity contribution in [3.8, 4) is 0 Å². The first kappa shape index (κ1) is 13.1. The summed E-state index contributed by atoms with van der Waals surface area (Å²) in [5.74, 6) is -1.27. The van der Waals surface area contributed by atoms with Gasteiger partial charge in [-0.1, -0.05) is 0 Å². The standard InChI is InChI=1S/C12H13N3O4S/c16-10(15-1-3-19-7-9(15)11(17)18)5-8-6-14-2-4-20-12(14)13-8/h2,4,6,9H,1,3,5,7H2,(H,17,18). The number of nitrogens with zero attached hydrogens (tertiary/aromatic N) is 3. The maximum atomic E-state index is 12.2. The van der Waals surface area contributed by atoms with Gasteiger partial charge < -0.3 is 14.7 Å². The van der Waals surface area contributed by atoms with Gasteiger partial charge in [0.15, 0.2) is 11.0 Å². The van der Waals surface area contributed by atoms with Crippen LogP contribution in [0.5, 0.6) is 0 Å². The second-order valence-electron chi connectivity index (χ2n) is 4.52. The van der Waals surface area contributed by atoms with Gasteiger partial charge >= 0.3 is 5.97 Å². The van der Waals surface area contributed by atoms with Crippen molar-refractivity contribution in [1.29, 1.82) is 0 Å². The topological polar surface area (TPSA) is 84.1 Å². The Morgan fingerprint density at radius 2 is 2.40 bits per heavy atom. The molecule has 3 heterocycles. The van der Waals surface area contributed by atoms with Crippen LogP contribution < -0.4 is 0 Å². The summed E-state index contributed by atoms with van der Waals surface area (Å²) < 4.78 is 6.97. The van der Waals surface area contributed by atoms with E-state index in [-0.39, 0.29) is 18.9 Å². The molecule has 1 N–H and O–H groups in total. The van der Waals surface area contributed by atoms with E-state index in [0.717, 1.165) is 4.96 Å². The molecule has 1 aliphatic heterocycles. The first-order valence-electron chi connectivity index (χ1n) is 6.16. The Morgan fingerprint density at radius 3 is 3.15 bits per heavy atom. The molecule has 0 spiro atoms. The van der Waals surface area contributed by atoms with Crippen molar-refractivity contribution in [2.24, 2.45) is 0 Å². The fourth-order valence-electron chi connectivity index (χ4n) is 2.22. The Morgan fingerprint density at radius 1 is 1.55 bits per heavy atom. The van der Waals surface area contributed by atoms with Crippen molar-refractivity contribution in [3.63, 3.8) is 0 Å². The van der Waals surface area contributed by atoms with Crippen LogP contribution in [0, 0.1) is 0 Å². The summed E-state index contributed by atoms with van der Waals surface area (Å²) in [7, 11) is 0. The van der Waals surface area contributed by atoms with Gasteiger partial charge in [-0.3, -0.25) is 9.20 Å². The van der Waals surface area contributed by atoms with E-state index in [2.05, 4.69) is 4.98 Å². The van der Waals surface area contributed by atoms with Crippen molar-refractivity contribution < 1.29 is 19.4 Å². The monoisotopic (exact) mass is 295 g/mol. The SMILES string of the molecule is O=C(O)C1COCCN1C(=O)Cc1cn2ccsc2n1. The Labute approximate surface area is 118 Å². The molecule has 0 aliphatic carbocycles. The number of hydrogen-bond acceptors (Lipinski definition) is 5. The van der Waals surface area contributed by atoms with E-state index < -0.39 is 12.0 Å². The van der Waals surface area contributed by atoms with Crippen LogP contribution in [0.2, 0.25) is 0 Å². The van der Waals surface area contributed by atoms with Crippen LogP contribution in [0.1, 0.15) is 5.69 Å². The van der Waals surface area contributed by atoms with E-state index >= 15 is 0 Å². The second kappa shape index (κ2) is 5.22. The number of hydrogen-bond donors (Lipinski definition) is 1. The van der Waals surface area contributed by atoms with Crippen LogP contribution in [-0.2, 0) is 20.7 Å². The van der Waals surface area contributed by atoms with Crippen molar-refractivity contribution >= 4 is 28.2 Å². The number of carboxylic acid groups (broad SMARTS) is 1. The summed E-state index contributed by atoms with van der Waals surface area (Å²) in [5, 5.41) is 11.0. The number of carboxylic acids is 1. The van der Waals surface area contributed by atoms with Crippen LogP contribution in [0.25, 0.3) is 4.96 Å². The van der Waals surface area contributed by atoms with Crippen LogP contribution in [0.4, 0.5) is 0 Å². The highest BCUT2D eigenvalue weighted by atomic mass is 32.1. The normalized spacial score (nSPS) is 19.4. The lowest BCUT2D eigenvalue weighted by Crippen LogP contribution is -2.53. The van der Waals surface area contributed by atoms with Gasteiger partial charge in [-0.2, -0.15) is 0 Å². The Bertz CT molecular complexity index is 621. The number of fused-ring (bicyclic) bond motifs is 1. The van der Waals surface area contributed by atoms with Gasteiger partial charge in [-0.15, -0.1) is 11.3 Å². The van der Waals surface area contributed by atoms with Crippen LogP contribution in [-0.4, -0.2) is 57.1 Å². The van der Waals surface area contributed by atoms with Gasteiger partial charge in [-0.25, -0.2) is 9.78 Å². The third kappa shape index (κ3) is 2.39. The predicted molar refractivity (Wildman–Crippen MR) is 70.7 cm³/mol. The summed E-state index contributed by atoms with van der Waals surface area (Å²) in [5.41, 5.74) is 0.650. The lowest BCUT2D eigenvalue weighted by Gasteiger charge is -2.32. The van der Waals surface area contributed by atoms with E-state index in [9.17, 15) is 9.59 Å². The van der Waals surface area contributed by atoms with Gasteiger partial charge in [0.2, 0.25) is 5.91 Å². The molecule has 8 heteroatoms. The molecule has 1 atom stereocenters. The molecule has 1 fully saturated rings. The smallest absolute Gasteiger partial charge is 0.328 e. The Hall–Kier alpha value is -1.93. The Kier molecular flexibility index (Phi) is 3.41. The number of carbonyl (C=O) groups excluding carboxylic acids is 1. The van der Waals surface area contributed by atoms with E-state index in [0.29, 0.717) is 18.8 Å². The first-order valence-corrected chi connectivity index (χ1v) is 7.04. The molecule has 0 saturated carbocycles. The molecular formula is C12H13N3O4S. The number of amides is 1. The minimum Gasteiger partial charge on any atom is -0.480 e. The quantitative estimate of drug-likeness (QED) is 0.877. The van der Waals surface area contributed by atoms with Gasteiger partial charge in [0.1, 0.15) is 0 Å². The number of aliphatic carboxylic acids is 1. The molecule has 106 valence electrons. The Balaban J connectivity index is 1.74. The lowest BCUT2D eigenvalue weighted by atomic mass is 10.2. The zero-order valence-corrected chi connectivity index (χ0v) is 11.4. The van der Waals surface area contributed by atoms with Crippen molar-refractivity contribution in [3.05, 3.63) is 23.5 Å². The number of ether oxygens (including phenoxy) is 1. The van der Waals surface area contributed by atoms with E-state index in [1.54, 1.807) is 6.20 Å². The fraction of sp³-hybridized carbons (Fsp3) is 0.417. The summed E-state index contributed by atoms with van der Waals surface area (Å²) in [6, 6.07) is -0.903. The van der Waals surface area contributed by atoms with Crippen molar-refractivity contribution in [1.82, 2.24) is 14.3 Å². The van der Waals surface area contributed by atoms with Crippen LogP contribution in [0.3, 0.4) is 0 Å². The predicted octanol–water partition coefficient (Wildman–Crippen LogP) is 0.250. The molecule has 1 aliphatic rings. The molecular weight excluding hydrogens is 282 g/mol. The number of carbonyl (C=O) groups is 2. The average molecular weight is 295 g/mol. The molecule has 1 unspecified atom stereocenters. The van der Waals surface area contributed by atoms with Gasteiger partial charge in [0.25, 0.3) is 0 Å². The highest BCUT2D eigenvalue weighted by molar-refractivity contribution is 7.15. The number of rotatable bonds is 3. The highest BCUT2D eigenvalue weighted by Crippen LogP contribution is 2.14. The number of imidazole rings is 1. The summed E-state index contributed by atoms with van der Waals surface area (Å²) in [6.07, 6.45) is 3.77. The third-order valence-corrected chi connectivity index (χ3v) is 3.98. The maximum absolute atomic E-state index is 12.2. The number of aromatic nitrogens is 2. The average Bonchev–Trinajstić information content (AvgIpc) is 2.99. The molecule has 0 aromatic carbocycles. The molecule has 1 saturated heterocycles. The van der Waals surface area contributed by atoms with E-state index in [1.807, 2.05) is 16.0 Å². The lowest BCUT2D eigenvalue weighted by molar-refractivity contribution is -0.158. The molecule has 2 aromatic heterocycles. The van der Waals surface area contributed by atoms with Gasteiger partial charge in [0, 0.05) is 24.3 Å². The number of thiazole rings is 1. The third-order valence-electron chi connectivity index (χ3n) is 3.21. The van der Waals surface area contributed by atoms with Crippen LogP contribution >= 0.6 is 11.3 Å².